The summed E-state index contributed by atoms with van der Waals surface area (Å²) < 4.78 is 42.5. The Labute approximate surface area is 172 Å². The van der Waals surface area contributed by atoms with Crippen LogP contribution in [-0.4, -0.2) is 36.0 Å². The maximum atomic E-state index is 13.1. The van der Waals surface area contributed by atoms with Gasteiger partial charge >= 0.3 is 6.18 Å². The summed E-state index contributed by atoms with van der Waals surface area (Å²) in [7, 11) is 1.84. The number of nitrogens with one attached hydrogen (secondary N) is 1. The van der Waals surface area contributed by atoms with E-state index < -0.39 is 17.6 Å². The predicted octanol–water partition coefficient (Wildman–Crippen LogP) is 3.90. The average Bonchev–Trinajstić information content (AvgIpc) is 3.34. The zero-order valence-electron chi connectivity index (χ0n) is 15.6. The Morgan fingerprint density at radius 2 is 2.00 bits per heavy atom. The molecule has 2 aromatic heterocycles. The minimum atomic E-state index is -4.54. The van der Waals surface area contributed by atoms with E-state index in [0.29, 0.717) is 5.16 Å². The fourth-order valence-electron chi connectivity index (χ4n) is 2.91. The van der Waals surface area contributed by atoms with E-state index in [1.165, 1.54) is 35.2 Å². The van der Waals surface area contributed by atoms with E-state index in [9.17, 15) is 18.0 Å². The molecule has 0 saturated heterocycles. The van der Waals surface area contributed by atoms with Gasteiger partial charge < -0.3 is 9.88 Å². The lowest BCUT2D eigenvalue weighted by atomic mass is 10.1. The molecule has 0 aliphatic rings. The molecule has 2 heterocycles. The Hall–Kier alpha value is -3.34. The molecule has 0 fully saturated rings. The summed E-state index contributed by atoms with van der Waals surface area (Å²) in [5.41, 5.74) is 1.12. The summed E-state index contributed by atoms with van der Waals surface area (Å²) in [5, 5.41) is 7.11. The number of nitrogens with zero attached hydrogens (tertiary/aromatic N) is 5. The fraction of sp³-hybridized carbons (Fsp3) is 0.158. The number of aryl methyl sites for hydroxylation is 1. The van der Waals surface area contributed by atoms with Crippen molar-refractivity contribution in [1.29, 1.82) is 0 Å². The van der Waals surface area contributed by atoms with Gasteiger partial charge in [0.15, 0.2) is 5.16 Å². The van der Waals surface area contributed by atoms with Gasteiger partial charge in [-0.25, -0.2) is 14.6 Å². The number of hydrogen-bond donors (Lipinski definition) is 1. The van der Waals surface area contributed by atoms with Crippen molar-refractivity contribution in [2.45, 2.75) is 11.3 Å². The molecule has 154 valence electrons. The number of benzene rings is 2. The van der Waals surface area contributed by atoms with Gasteiger partial charge in [-0.1, -0.05) is 23.9 Å². The van der Waals surface area contributed by atoms with Crippen molar-refractivity contribution in [3.05, 3.63) is 60.7 Å². The Morgan fingerprint density at radius 3 is 2.70 bits per heavy atom. The lowest BCUT2D eigenvalue weighted by Crippen LogP contribution is -2.17. The SMILES string of the molecule is Cn1c(SCC(=O)Nc2cc(C(F)(F)F)ccc2-n2cncn2)nc2ccccc21. The van der Waals surface area contributed by atoms with Gasteiger partial charge in [-0.05, 0) is 30.3 Å². The zero-order chi connectivity index (χ0) is 21.3. The van der Waals surface area contributed by atoms with Crippen LogP contribution in [0, 0.1) is 0 Å². The standard InChI is InChI=1S/C19H15F3N6OS/c1-27-15-5-3-2-4-13(15)26-18(27)30-9-17(29)25-14-8-12(19(20,21)22)6-7-16(14)28-11-23-10-24-28/h2-8,10-11H,9H2,1H3,(H,25,29). The monoisotopic (exact) mass is 432 g/mol. The largest absolute Gasteiger partial charge is 0.416 e. The Bertz CT molecular complexity index is 1200. The molecule has 4 rings (SSSR count). The molecule has 0 unspecified atom stereocenters. The van der Waals surface area contributed by atoms with Gasteiger partial charge in [-0.15, -0.1) is 0 Å². The number of imidazole rings is 1. The predicted molar refractivity (Wildman–Crippen MR) is 106 cm³/mol. The summed E-state index contributed by atoms with van der Waals surface area (Å²) >= 11 is 1.20. The van der Waals surface area contributed by atoms with E-state index >= 15 is 0 Å². The molecule has 30 heavy (non-hydrogen) atoms. The van der Waals surface area contributed by atoms with Crippen LogP contribution in [0.2, 0.25) is 0 Å². The first-order valence-electron chi connectivity index (χ1n) is 8.73. The first-order chi connectivity index (χ1) is 14.3. The molecule has 0 aliphatic carbocycles. The van der Waals surface area contributed by atoms with Crippen molar-refractivity contribution < 1.29 is 18.0 Å². The van der Waals surface area contributed by atoms with Gasteiger partial charge in [-0.2, -0.15) is 18.3 Å². The average molecular weight is 432 g/mol. The molecule has 2 aromatic carbocycles. The minimum absolute atomic E-state index is 0.00840. The number of para-hydroxylation sites is 2. The fourth-order valence-corrected chi connectivity index (χ4v) is 3.70. The van der Waals surface area contributed by atoms with Crippen LogP contribution in [0.25, 0.3) is 16.7 Å². The second-order valence-corrected chi connectivity index (χ2v) is 7.29. The van der Waals surface area contributed by atoms with Gasteiger partial charge in [0.2, 0.25) is 5.91 Å². The van der Waals surface area contributed by atoms with E-state index in [2.05, 4.69) is 20.4 Å². The third-order valence-electron chi connectivity index (χ3n) is 4.34. The minimum Gasteiger partial charge on any atom is -0.323 e. The van der Waals surface area contributed by atoms with Crippen LogP contribution >= 0.6 is 11.8 Å². The molecule has 11 heteroatoms. The quantitative estimate of drug-likeness (QED) is 0.484. The Morgan fingerprint density at radius 1 is 1.20 bits per heavy atom. The molecule has 4 aromatic rings. The van der Waals surface area contributed by atoms with Crippen molar-refractivity contribution in [2.75, 3.05) is 11.1 Å². The van der Waals surface area contributed by atoms with Crippen molar-refractivity contribution in [1.82, 2.24) is 24.3 Å². The van der Waals surface area contributed by atoms with Crippen LogP contribution in [0.5, 0.6) is 0 Å². The number of carbonyl (C=O) groups excluding carboxylic acids is 1. The second-order valence-electron chi connectivity index (χ2n) is 6.35. The summed E-state index contributed by atoms with van der Waals surface area (Å²) in [6, 6.07) is 10.6. The highest BCUT2D eigenvalue weighted by molar-refractivity contribution is 7.99. The molecular weight excluding hydrogens is 417 g/mol. The first kappa shape index (κ1) is 20.0. The van der Waals surface area contributed by atoms with Crippen LogP contribution in [0.4, 0.5) is 18.9 Å². The number of alkyl halides is 3. The Kier molecular flexibility index (Phi) is 5.20. The van der Waals surface area contributed by atoms with Crippen molar-refractivity contribution >= 4 is 34.4 Å². The first-order valence-corrected chi connectivity index (χ1v) is 9.72. The lowest BCUT2D eigenvalue weighted by molar-refractivity contribution is -0.137. The van der Waals surface area contributed by atoms with Crippen LogP contribution < -0.4 is 5.32 Å². The number of halogens is 3. The highest BCUT2D eigenvalue weighted by Gasteiger charge is 2.31. The van der Waals surface area contributed by atoms with E-state index in [0.717, 1.165) is 23.2 Å². The molecule has 0 saturated carbocycles. The summed E-state index contributed by atoms with van der Waals surface area (Å²) in [6.07, 6.45) is -1.94. The molecule has 0 aliphatic heterocycles. The van der Waals surface area contributed by atoms with Gasteiger partial charge in [0.05, 0.1) is 33.7 Å². The van der Waals surface area contributed by atoms with Gasteiger partial charge in [0.1, 0.15) is 12.7 Å². The lowest BCUT2D eigenvalue weighted by Gasteiger charge is -2.14. The number of thioether (sulfide) groups is 1. The number of anilines is 1. The Balaban J connectivity index is 1.55. The third-order valence-corrected chi connectivity index (χ3v) is 5.37. The summed E-state index contributed by atoms with van der Waals surface area (Å²) in [6.45, 7) is 0. The van der Waals surface area contributed by atoms with E-state index in [4.69, 9.17) is 0 Å². The number of carbonyl (C=O) groups is 1. The molecule has 0 bridgehead atoms. The number of amides is 1. The number of fused-ring (bicyclic) bond motifs is 1. The number of aromatic nitrogens is 5. The smallest absolute Gasteiger partial charge is 0.323 e. The van der Waals surface area contributed by atoms with Crippen molar-refractivity contribution in [3.8, 4) is 5.69 Å². The zero-order valence-corrected chi connectivity index (χ0v) is 16.4. The topological polar surface area (TPSA) is 77.6 Å². The van der Waals surface area contributed by atoms with Gasteiger partial charge in [0.25, 0.3) is 0 Å². The normalized spacial score (nSPS) is 11.7. The summed E-state index contributed by atoms with van der Waals surface area (Å²) in [4.78, 5) is 20.8. The molecular formula is C19H15F3N6OS. The molecule has 1 amide bonds. The van der Waals surface area contributed by atoms with Gasteiger partial charge in [0, 0.05) is 7.05 Å². The van der Waals surface area contributed by atoms with Crippen molar-refractivity contribution in [2.24, 2.45) is 7.05 Å². The second kappa shape index (κ2) is 7.82. The highest BCUT2D eigenvalue weighted by atomic mass is 32.2. The van der Waals surface area contributed by atoms with E-state index in [1.54, 1.807) is 0 Å². The third kappa shape index (κ3) is 4.01. The van der Waals surface area contributed by atoms with Gasteiger partial charge in [-0.3, -0.25) is 4.79 Å². The van der Waals surface area contributed by atoms with Crippen molar-refractivity contribution in [3.63, 3.8) is 0 Å². The maximum Gasteiger partial charge on any atom is 0.416 e. The maximum absolute atomic E-state index is 13.1. The van der Waals surface area contributed by atoms with Crippen LogP contribution in [0.1, 0.15) is 5.56 Å². The highest BCUT2D eigenvalue weighted by Crippen LogP contribution is 2.33. The molecule has 7 nitrogen and oxygen atoms in total. The number of hydrogen-bond acceptors (Lipinski definition) is 5. The summed E-state index contributed by atoms with van der Waals surface area (Å²) in [5.74, 6) is -0.489. The van der Waals surface area contributed by atoms with Crippen LogP contribution in [0.3, 0.4) is 0 Å². The van der Waals surface area contributed by atoms with E-state index in [1.807, 2.05) is 35.9 Å². The van der Waals surface area contributed by atoms with Crippen LogP contribution in [-0.2, 0) is 18.0 Å². The van der Waals surface area contributed by atoms with E-state index in [-0.39, 0.29) is 17.1 Å². The molecule has 0 spiro atoms. The van der Waals surface area contributed by atoms with Crippen LogP contribution in [0.15, 0.2) is 60.3 Å². The number of rotatable bonds is 5. The molecule has 0 radical (unpaired) electrons. The molecule has 0 atom stereocenters. The molecule has 1 N–H and O–H groups in total.